The van der Waals surface area contributed by atoms with Crippen molar-refractivity contribution in [2.45, 2.75) is 12.0 Å². The van der Waals surface area contributed by atoms with Crippen LogP contribution < -0.4 is 10.3 Å². The van der Waals surface area contributed by atoms with Gasteiger partial charge in [0.15, 0.2) is 12.4 Å². The highest BCUT2D eigenvalue weighted by atomic mass is 16.1. The number of allylic oxidation sites excluding steroid dienone is 1. The molecule has 22 heavy (non-hydrogen) atoms. The molecule has 0 aliphatic rings. The molecule has 0 saturated heterocycles. The first-order valence-electron chi connectivity index (χ1n) is 6.68. The summed E-state index contributed by atoms with van der Waals surface area (Å²) in [6.45, 7) is 0. The number of carbonyl (C=O) groups excluding carboxylic acids is 1. The van der Waals surface area contributed by atoms with Gasteiger partial charge in [0.2, 0.25) is 6.04 Å². The largest absolute Gasteiger partial charge is 0.364 e. The zero-order chi connectivity index (χ0) is 15.9. The van der Waals surface area contributed by atoms with Crippen LogP contribution in [0.4, 0.5) is 0 Å². The van der Waals surface area contributed by atoms with Crippen LogP contribution in [0.15, 0.2) is 66.5 Å². The van der Waals surface area contributed by atoms with E-state index < -0.39 is 17.9 Å². The molecule has 0 aliphatic heterocycles. The molecule has 2 rings (SSSR count). The van der Waals surface area contributed by atoms with E-state index in [2.05, 4.69) is 5.87 Å². The molecule has 2 aromatic rings. The summed E-state index contributed by atoms with van der Waals surface area (Å²) >= 11 is 0. The lowest BCUT2D eigenvalue weighted by atomic mass is 9.85. The highest BCUT2D eigenvalue weighted by molar-refractivity contribution is 5.80. The van der Waals surface area contributed by atoms with E-state index in [0.29, 0.717) is 0 Å². The van der Waals surface area contributed by atoms with Gasteiger partial charge in [0.05, 0.1) is 5.92 Å². The minimum absolute atomic E-state index is 0.0614. The smallest absolute Gasteiger partial charge is 0.287 e. The number of carbonyl (C=O) groups is 1. The van der Waals surface area contributed by atoms with Crippen molar-refractivity contribution in [3.05, 3.63) is 72.1 Å². The Balaban J connectivity index is 2.63. The first-order chi connectivity index (χ1) is 10.7. The van der Waals surface area contributed by atoms with E-state index >= 15 is 0 Å². The molecule has 108 valence electrons. The highest BCUT2D eigenvalue weighted by Gasteiger charge is 2.38. The summed E-state index contributed by atoms with van der Waals surface area (Å²) in [4.78, 5) is 12.0. The Morgan fingerprint density at radius 2 is 1.73 bits per heavy atom. The van der Waals surface area contributed by atoms with Crippen molar-refractivity contribution in [1.82, 2.24) is 0 Å². The third-order valence-electron chi connectivity index (χ3n) is 3.39. The zero-order valence-corrected chi connectivity index (χ0v) is 11.8. The Hall–Kier alpha value is -3.22. The normalized spacial score (nSPS) is 12.5. The number of nitrogens with zero attached hydrogens (tertiary/aromatic N) is 2. The first-order valence-corrected chi connectivity index (χ1v) is 6.68. The Morgan fingerprint density at radius 1 is 1.14 bits per heavy atom. The minimum Gasteiger partial charge on any atom is -0.364 e. The number of nitrogens with one attached hydrogen (secondary N) is 1. The molecular weight excluding hydrogens is 276 g/mol. The van der Waals surface area contributed by atoms with Crippen LogP contribution in [0.2, 0.25) is 0 Å². The van der Waals surface area contributed by atoms with Crippen molar-refractivity contribution in [3.8, 4) is 6.07 Å². The number of pyridine rings is 1. The van der Waals surface area contributed by atoms with Gasteiger partial charge in [0.25, 0.3) is 5.91 Å². The number of nitrogens with two attached hydrogens (primary N) is 1. The summed E-state index contributed by atoms with van der Waals surface area (Å²) in [5.74, 6) is 0.905. The molecule has 2 atom stereocenters. The van der Waals surface area contributed by atoms with Gasteiger partial charge in [-0.15, -0.1) is 0 Å². The number of primary amides is 1. The Labute approximate surface area is 128 Å². The minimum atomic E-state index is -0.809. The highest BCUT2D eigenvalue weighted by Crippen LogP contribution is 2.30. The summed E-state index contributed by atoms with van der Waals surface area (Å²) in [6, 6.07) is 15.6. The third-order valence-corrected chi connectivity index (χ3v) is 3.39. The lowest BCUT2D eigenvalue weighted by Gasteiger charge is -2.19. The first kappa shape index (κ1) is 15.2. The van der Waals surface area contributed by atoms with E-state index in [1.165, 1.54) is 0 Å². The molecule has 3 N–H and O–H groups in total. The van der Waals surface area contributed by atoms with Gasteiger partial charge < -0.3 is 5.73 Å². The molecule has 1 amide bonds. The topological polar surface area (TPSA) is 94.6 Å². The molecule has 5 heteroatoms. The van der Waals surface area contributed by atoms with Crippen molar-refractivity contribution in [3.63, 3.8) is 0 Å². The van der Waals surface area contributed by atoms with E-state index in [0.717, 1.165) is 5.56 Å². The van der Waals surface area contributed by atoms with Crippen molar-refractivity contribution in [2.75, 3.05) is 0 Å². The molecule has 0 bridgehead atoms. The van der Waals surface area contributed by atoms with Gasteiger partial charge in [0, 0.05) is 12.1 Å². The number of nitriles is 1. The van der Waals surface area contributed by atoms with Crippen molar-refractivity contribution >= 4 is 11.8 Å². The van der Waals surface area contributed by atoms with Crippen LogP contribution in [0.1, 0.15) is 17.5 Å². The van der Waals surface area contributed by atoms with Crippen LogP contribution in [-0.4, -0.2) is 11.8 Å². The average Bonchev–Trinajstić information content (AvgIpc) is 2.56. The zero-order valence-electron chi connectivity index (χ0n) is 11.8. The SMILES string of the molecule is N#CC(=C=N)[C@H](c1ccccc1)[C@H](C(N)=O)[n+]1ccccc1. The van der Waals surface area contributed by atoms with Gasteiger partial charge in [-0.05, 0) is 11.4 Å². The molecule has 0 fully saturated rings. The van der Waals surface area contributed by atoms with Crippen LogP contribution in [0, 0.1) is 16.7 Å². The molecule has 1 aromatic heterocycles. The van der Waals surface area contributed by atoms with E-state index in [9.17, 15) is 10.1 Å². The molecule has 0 spiro atoms. The molecular formula is C17H15N4O+. The van der Waals surface area contributed by atoms with Crippen LogP contribution in [0.25, 0.3) is 0 Å². The maximum atomic E-state index is 12.0. The van der Waals surface area contributed by atoms with Gasteiger partial charge in [-0.3, -0.25) is 10.2 Å². The number of amides is 1. The predicted molar refractivity (Wildman–Crippen MR) is 80.9 cm³/mol. The summed E-state index contributed by atoms with van der Waals surface area (Å²) in [5, 5.41) is 16.7. The second kappa shape index (κ2) is 6.98. The lowest BCUT2D eigenvalue weighted by molar-refractivity contribution is -0.711. The summed E-state index contributed by atoms with van der Waals surface area (Å²) in [6.07, 6.45) is 3.43. The maximum Gasteiger partial charge on any atom is 0.287 e. The van der Waals surface area contributed by atoms with E-state index in [4.69, 9.17) is 11.1 Å². The summed E-state index contributed by atoms with van der Waals surface area (Å²) in [7, 11) is 0. The molecule has 5 nitrogen and oxygen atoms in total. The molecule has 0 saturated carbocycles. The number of hydrogen-bond acceptors (Lipinski definition) is 3. The van der Waals surface area contributed by atoms with E-state index in [-0.39, 0.29) is 5.57 Å². The average molecular weight is 291 g/mol. The Bertz CT molecular complexity index is 743. The molecule has 0 unspecified atom stereocenters. The number of aromatic nitrogens is 1. The summed E-state index contributed by atoms with van der Waals surface area (Å²) in [5.41, 5.74) is 6.38. The molecule has 0 aliphatic carbocycles. The van der Waals surface area contributed by atoms with Crippen LogP contribution >= 0.6 is 0 Å². The van der Waals surface area contributed by atoms with Gasteiger partial charge in [0.1, 0.15) is 11.6 Å². The van der Waals surface area contributed by atoms with Gasteiger partial charge in [-0.2, -0.15) is 9.83 Å². The number of hydrogen-bond donors (Lipinski definition) is 2. The second-order valence-corrected chi connectivity index (χ2v) is 4.71. The summed E-state index contributed by atoms with van der Waals surface area (Å²) < 4.78 is 1.65. The van der Waals surface area contributed by atoms with Gasteiger partial charge >= 0.3 is 0 Å². The van der Waals surface area contributed by atoms with E-state index in [1.54, 1.807) is 41.2 Å². The van der Waals surface area contributed by atoms with Gasteiger partial charge in [-0.25, -0.2) is 0 Å². The fraction of sp³-hybridized carbons (Fsp3) is 0.118. The van der Waals surface area contributed by atoms with Crippen LogP contribution in [0.3, 0.4) is 0 Å². The van der Waals surface area contributed by atoms with Gasteiger partial charge in [-0.1, -0.05) is 36.4 Å². The van der Waals surface area contributed by atoms with Crippen molar-refractivity contribution < 1.29 is 9.36 Å². The van der Waals surface area contributed by atoms with Crippen LogP contribution in [-0.2, 0) is 4.79 Å². The standard InChI is InChI=1S/C17H14N4O/c18-11-14(12-19)15(13-7-3-1-4-8-13)16(17(20)22)21-9-5-2-6-10-21/h1-10,15-16,18H,(H-,20,22)/p+1/t15-,16+/m0/s1. The number of rotatable bonds is 5. The van der Waals surface area contributed by atoms with Crippen molar-refractivity contribution in [1.29, 1.82) is 10.7 Å². The Kier molecular flexibility index (Phi) is 4.81. The van der Waals surface area contributed by atoms with Crippen LogP contribution in [0.5, 0.6) is 0 Å². The quantitative estimate of drug-likeness (QED) is 0.496. The monoisotopic (exact) mass is 291 g/mol. The fourth-order valence-corrected chi connectivity index (χ4v) is 2.42. The lowest BCUT2D eigenvalue weighted by Crippen LogP contribution is -2.49. The van der Waals surface area contributed by atoms with E-state index in [1.807, 2.05) is 30.3 Å². The maximum absolute atomic E-state index is 12.0. The number of benzene rings is 1. The molecule has 0 radical (unpaired) electrons. The van der Waals surface area contributed by atoms with Crippen molar-refractivity contribution in [2.24, 2.45) is 5.73 Å². The third kappa shape index (κ3) is 3.09. The Morgan fingerprint density at radius 3 is 2.23 bits per heavy atom. The predicted octanol–water partition coefficient (Wildman–Crippen LogP) is 1.48. The fourth-order valence-electron chi connectivity index (χ4n) is 2.42. The molecule has 1 heterocycles. The second-order valence-electron chi connectivity index (χ2n) is 4.71. The molecule has 1 aromatic carbocycles.